The lowest BCUT2D eigenvalue weighted by atomic mass is 9.70. The van der Waals surface area contributed by atoms with Gasteiger partial charge in [-0.3, -0.25) is 8.98 Å². The maximum atomic E-state index is 12.3. The normalized spacial score (nSPS) is 31.0. The number of carbonyl (C=O) groups excluding carboxylic acids is 1. The van der Waals surface area contributed by atoms with Gasteiger partial charge in [0.1, 0.15) is 5.78 Å². The molecule has 2 fully saturated rings. The van der Waals surface area contributed by atoms with E-state index in [9.17, 15) is 27.9 Å². The zero-order valence-electron chi connectivity index (χ0n) is 13.3. The molecule has 0 saturated heterocycles. The van der Waals surface area contributed by atoms with Gasteiger partial charge in [-0.15, -0.1) is 0 Å². The third-order valence-electron chi connectivity index (χ3n) is 5.60. The van der Waals surface area contributed by atoms with Crippen LogP contribution in [0.5, 0.6) is 0 Å². The third-order valence-corrected chi connectivity index (χ3v) is 6.94. The van der Waals surface area contributed by atoms with Crippen molar-refractivity contribution >= 4 is 27.8 Å². The van der Waals surface area contributed by atoms with Crippen LogP contribution in [0.2, 0.25) is 0 Å². The zero-order valence-corrected chi connectivity index (χ0v) is 14.1. The van der Waals surface area contributed by atoms with Crippen molar-refractivity contribution in [2.75, 3.05) is 5.75 Å². The molecule has 24 heavy (non-hydrogen) atoms. The summed E-state index contributed by atoms with van der Waals surface area (Å²) in [6.45, 7) is 3.59. The van der Waals surface area contributed by atoms with Gasteiger partial charge in [-0.05, 0) is 24.2 Å². The minimum atomic E-state index is -4.56. The van der Waals surface area contributed by atoms with Crippen molar-refractivity contribution in [3.8, 4) is 0 Å². The van der Waals surface area contributed by atoms with Crippen LogP contribution in [-0.2, 0) is 28.7 Å². The lowest BCUT2D eigenvalue weighted by Gasteiger charge is -2.36. The molecule has 136 valence electrons. The van der Waals surface area contributed by atoms with Gasteiger partial charge in [-0.2, -0.15) is 8.42 Å². The van der Waals surface area contributed by atoms with Gasteiger partial charge in [0, 0.05) is 6.42 Å². The quantitative estimate of drug-likeness (QED) is 0.513. The van der Waals surface area contributed by atoms with Gasteiger partial charge in [0.25, 0.3) is 10.1 Å². The SMILES string of the molecule is CC1(C)C2CCC1(CS(=O)(=O)OC(C(=O)O)C(O)C(=O)O)C(=O)C2. The Balaban J connectivity index is 2.27. The molecule has 2 aliphatic rings. The number of rotatable bonds is 7. The van der Waals surface area contributed by atoms with E-state index in [2.05, 4.69) is 4.18 Å². The first kappa shape index (κ1) is 18.8. The molecule has 3 N–H and O–H groups in total. The Morgan fingerprint density at radius 2 is 1.88 bits per heavy atom. The summed E-state index contributed by atoms with van der Waals surface area (Å²) in [5.41, 5.74) is -1.75. The Kier molecular flexibility index (Phi) is 4.53. The molecule has 0 radical (unpaired) electrons. The van der Waals surface area contributed by atoms with Gasteiger partial charge in [0.05, 0.1) is 11.2 Å². The molecule has 0 aliphatic heterocycles. The summed E-state index contributed by atoms with van der Waals surface area (Å²) in [6.07, 6.45) is -3.71. The molecule has 0 aromatic heterocycles. The largest absolute Gasteiger partial charge is 0.479 e. The van der Waals surface area contributed by atoms with Crippen molar-refractivity contribution in [1.29, 1.82) is 0 Å². The highest BCUT2D eigenvalue weighted by Gasteiger charge is 2.65. The molecule has 2 rings (SSSR count). The van der Waals surface area contributed by atoms with Gasteiger partial charge in [0.2, 0.25) is 6.10 Å². The molecule has 0 aromatic rings. The zero-order chi connectivity index (χ0) is 18.5. The van der Waals surface area contributed by atoms with Crippen LogP contribution in [0.15, 0.2) is 0 Å². The van der Waals surface area contributed by atoms with Crippen molar-refractivity contribution in [1.82, 2.24) is 0 Å². The number of carboxylic acid groups (broad SMARTS) is 2. The second kappa shape index (κ2) is 5.78. The highest BCUT2D eigenvalue weighted by atomic mass is 32.2. The molecule has 0 spiro atoms. The summed E-state index contributed by atoms with van der Waals surface area (Å²) in [5, 5.41) is 26.9. The van der Waals surface area contributed by atoms with Gasteiger partial charge in [-0.25, -0.2) is 9.59 Å². The summed E-state index contributed by atoms with van der Waals surface area (Å²) >= 11 is 0. The molecule has 2 saturated carbocycles. The first-order valence-corrected chi connectivity index (χ1v) is 9.00. The lowest BCUT2D eigenvalue weighted by molar-refractivity contribution is -0.163. The maximum absolute atomic E-state index is 12.3. The van der Waals surface area contributed by atoms with Crippen molar-refractivity contribution in [3.05, 3.63) is 0 Å². The van der Waals surface area contributed by atoms with Crippen molar-refractivity contribution in [2.45, 2.75) is 45.3 Å². The molecular formula is C14H20O9S. The molecule has 4 atom stereocenters. The molecule has 0 heterocycles. The van der Waals surface area contributed by atoms with E-state index < -0.39 is 50.8 Å². The molecule has 4 unspecified atom stereocenters. The number of hydrogen-bond acceptors (Lipinski definition) is 7. The first-order valence-electron chi connectivity index (χ1n) is 7.42. The maximum Gasteiger partial charge on any atom is 0.337 e. The van der Waals surface area contributed by atoms with E-state index in [1.54, 1.807) is 13.8 Å². The average molecular weight is 364 g/mol. The Bertz CT molecular complexity index is 680. The fourth-order valence-electron chi connectivity index (χ4n) is 3.96. The number of ketones is 1. The third kappa shape index (κ3) is 2.82. The number of Topliss-reactive ketones (excluding diaryl/α,β-unsaturated/α-hetero) is 1. The first-order chi connectivity index (χ1) is 10.8. The van der Waals surface area contributed by atoms with Crippen LogP contribution in [-0.4, -0.2) is 59.4 Å². The van der Waals surface area contributed by atoms with Crippen LogP contribution < -0.4 is 0 Å². The molecule has 2 aliphatic carbocycles. The van der Waals surface area contributed by atoms with E-state index in [0.29, 0.717) is 12.8 Å². The molecule has 0 amide bonds. The number of fused-ring (bicyclic) bond motifs is 2. The predicted molar refractivity (Wildman–Crippen MR) is 78.5 cm³/mol. The highest BCUT2D eigenvalue weighted by molar-refractivity contribution is 7.86. The summed E-state index contributed by atoms with van der Waals surface area (Å²) in [4.78, 5) is 34.1. The van der Waals surface area contributed by atoms with E-state index in [4.69, 9.17) is 10.2 Å². The summed E-state index contributed by atoms with van der Waals surface area (Å²) in [7, 11) is -4.56. The Morgan fingerprint density at radius 1 is 1.29 bits per heavy atom. The molecule has 10 heteroatoms. The van der Waals surface area contributed by atoms with E-state index in [-0.39, 0.29) is 18.1 Å². The van der Waals surface area contributed by atoms with E-state index >= 15 is 0 Å². The smallest absolute Gasteiger partial charge is 0.337 e. The van der Waals surface area contributed by atoms with Crippen molar-refractivity contribution in [2.24, 2.45) is 16.7 Å². The molecule has 0 aromatic carbocycles. The minimum absolute atomic E-state index is 0.0556. The van der Waals surface area contributed by atoms with Gasteiger partial charge < -0.3 is 15.3 Å². The number of aliphatic hydroxyl groups is 1. The van der Waals surface area contributed by atoms with E-state index in [0.717, 1.165) is 0 Å². The molecular weight excluding hydrogens is 344 g/mol. The summed E-state index contributed by atoms with van der Waals surface area (Å²) in [5.74, 6) is -4.72. The fraction of sp³-hybridized carbons (Fsp3) is 0.786. The van der Waals surface area contributed by atoms with Crippen LogP contribution in [0.3, 0.4) is 0 Å². The number of carboxylic acids is 2. The van der Waals surface area contributed by atoms with Crippen LogP contribution in [0.25, 0.3) is 0 Å². The topological polar surface area (TPSA) is 155 Å². The second-order valence-corrected chi connectivity index (χ2v) is 8.60. The van der Waals surface area contributed by atoms with E-state index in [1.165, 1.54) is 0 Å². The Hall–Kier alpha value is -1.52. The number of aliphatic hydroxyl groups excluding tert-OH is 1. The minimum Gasteiger partial charge on any atom is -0.479 e. The fourth-order valence-corrected chi connectivity index (χ4v) is 5.81. The van der Waals surface area contributed by atoms with Crippen LogP contribution in [0.1, 0.15) is 33.1 Å². The van der Waals surface area contributed by atoms with Crippen molar-refractivity contribution < 1.29 is 42.3 Å². The van der Waals surface area contributed by atoms with Crippen LogP contribution in [0, 0.1) is 16.7 Å². The van der Waals surface area contributed by atoms with Crippen LogP contribution in [0.4, 0.5) is 0 Å². The summed E-state index contributed by atoms with van der Waals surface area (Å²) in [6, 6.07) is 0. The molecule has 2 bridgehead atoms. The van der Waals surface area contributed by atoms with Gasteiger partial charge in [-0.1, -0.05) is 13.8 Å². The number of aliphatic carboxylic acids is 2. The number of hydrogen-bond donors (Lipinski definition) is 3. The lowest BCUT2D eigenvalue weighted by Crippen LogP contribution is -2.47. The predicted octanol–water partition coefficient (Wildman–Crippen LogP) is -0.373. The Morgan fingerprint density at radius 3 is 2.25 bits per heavy atom. The van der Waals surface area contributed by atoms with Crippen LogP contribution >= 0.6 is 0 Å². The summed E-state index contributed by atoms with van der Waals surface area (Å²) < 4.78 is 29.1. The van der Waals surface area contributed by atoms with Crippen molar-refractivity contribution in [3.63, 3.8) is 0 Å². The Labute approximate surface area is 138 Å². The number of carbonyl (C=O) groups is 3. The standard InChI is InChI=1S/C14H20O9S/c1-13(2)7-3-4-14(13,8(15)5-7)6-24(21,22)23-10(12(19)20)9(16)11(17)18/h7,9-10,16H,3-6H2,1-2H3,(H,17,18)(H,19,20). The average Bonchev–Trinajstić information content (AvgIpc) is 2.77. The van der Waals surface area contributed by atoms with Gasteiger partial charge >= 0.3 is 11.9 Å². The molecule has 9 nitrogen and oxygen atoms in total. The second-order valence-electron chi connectivity index (χ2n) is 7.01. The monoisotopic (exact) mass is 364 g/mol. The van der Waals surface area contributed by atoms with E-state index in [1.807, 2.05) is 0 Å². The van der Waals surface area contributed by atoms with Gasteiger partial charge in [0.15, 0.2) is 6.10 Å². The highest BCUT2D eigenvalue weighted by Crippen LogP contribution is 2.64.